The summed E-state index contributed by atoms with van der Waals surface area (Å²) < 4.78 is 38.4. The molecule has 1 N–H and O–H groups in total. The zero-order valence-corrected chi connectivity index (χ0v) is 15.8. The number of methoxy groups -OCH3 is 2. The lowest BCUT2D eigenvalue weighted by molar-refractivity contribution is 0.392. The van der Waals surface area contributed by atoms with E-state index in [9.17, 15) is 8.42 Å². The van der Waals surface area contributed by atoms with Crippen molar-refractivity contribution in [2.45, 2.75) is 11.4 Å². The summed E-state index contributed by atoms with van der Waals surface area (Å²) in [4.78, 5) is 8.59. The molecule has 0 atom stereocenters. The fourth-order valence-corrected chi connectivity index (χ4v) is 4.18. The molecule has 3 aromatic rings. The Balaban J connectivity index is 1.89. The lowest BCUT2D eigenvalue weighted by Gasteiger charge is -2.12. The molecule has 0 bridgehead atoms. The number of aromatic nitrogens is 2. The van der Waals surface area contributed by atoms with Crippen LogP contribution in [0, 0.1) is 0 Å². The molecule has 0 aliphatic carbocycles. The van der Waals surface area contributed by atoms with Crippen molar-refractivity contribution < 1.29 is 17.9 Å². The first-order chi connectivity index (χ1) is 12.5. The van der Waals surface area contributed by atoms with Gasteiger partial charge in [0.15, 0.2) is 0 Å². The van der Waals surface area contributed by atoms with Crippen LogP contribution in [0.25, 0.3) is 11.3 Å². The molecule has 9 heteroatoms. The smallest absolute Gasteiger partial charge is 0.244 e. The quantitative estimate of drug-likeness (QED) is 0.666. The van der Waals surface area contributed by atoms with E-state index in [0.717, 1.165) is 5.56 Å². The predicted octanol–water partition coefficient (Wildman–Crippen LogP) is 2.70. The van der Waals surface area contributed by atoms with Crippen LogP contribution in [0.2, 0.25) is 0 Å². The van der Waals surface area contributed by atoms with Crippen LogP contribution in [-0.4, -0.2) is 32.6 Å². The molecule has 0 aliphatic rings. The predicted molar refractivity (Wildman–Crippen MR) is 98.9 cm³/mol. The van der Waals surface area contributed by atoms with Gasteiger partial charge in [0.05, 0.1) is 32.2 Å². The number of rotatable bonds is 7. The molecule has 2 aromatic heterocycles. The fourth-order valence-electron chi connectivity index (χ4n) is 2.37. The Morgan fingerprint density at radius 1 is 1.12 bits per heavy atom. The molecule has 0 saturated carbocycles. The SMILES string of the molecule is COc1ccc(OC)c(S(=O)(=O)NCc2nccnc2-c2ccsc2)c1. The van der Waals surface area contributed by atoms with E-state index in [1.165, 1.54) is 37.8 Å². The van der Waals surface area contributed by atoms with Gasteiger partial charge in [-0.15, -0.1) is 0 Å². The van der Waals surface area contributed by atoms with Crippen molar-refractivity contribution in [3.05, 3.63) is 53.1 Å². The maximum absolute atomic E-state index is 12.8. The van der Waals surface area contributed by atoms with Crippen LogP contribution in [0.4, 0.5) is 0 Å². The molecular formula is C17H17N3O4S2. The summed E-state index contributed by atoms with van der Waals surface area (Å²) in [6.07, 6.45) is 3.11. The van der Waals surface area contributed by atoms with E-state index in [2.05, 4.69) is 14.7 Å². The van der Waals surface area contributed by atoms with Crippen molar-refractivity contribution in [2.24, 2.45) is 0 Å². The molecule has 7 nitrogen and oxygen atoms in total. The van der Waals surface area contributed by atoms with Gasteiger partial charge in [-0.2, -0.15) is 11.3 Å². The average Bonchev–Trinajstić information content (AvgIpc) is 3.20. The highest BCUT2D eigenvalue weighted by Gasteiger charge is 2.21. The van der Waals surface area contributed by atoms with Crippen LogP contribution in [-0.2, 0) is 16.6 Å². The molecule has 0 radical (unpaired) electrons. The Morgan fingerprint density at radius 2 is 1.92 bits per heavy atom. The minimum Gasteiger partial charge on any atom is -0.497 e. The molecule has 0 spiro atoms. The first kappa shape index (κ1) is 18.3. The molecule has 136 valence electrons. The molecular weight excluding hydrogens is 374 g/mol. The summed E-state index contributed by atoms with van der Waals surface area (Å²) in [5.41, 5.74) is 2.08. The molecule has 0 amide bonds. The lowest BCUT2D eigenvalue weighted by atomic mass is 10.2. The van der Waals surface area contributed by atoms with Gasteiger partial charge in [-0.05, 0) is 23.6 Å². The van der Waals surface area contributed by atoms with Crippen LogP contribution in [0.5, 0.6) is 11.5 Å². The summed E-state index contributed by atoms with van der Waals surface area (Å²) in [6.45, 7) is 0.00170. The summed E-state index contributed by atoms with van der Waals surface area (Å²) in [5.74, 6) is 0.653. The number of benzene rings is 1. The Hall–Kier alpha value is -2.49. The summed E-state index contributed by atoms with van der Waals surface area (Å²) in [5, 5.41) is 3.87. The third-order valence-electron chi connectivity index (χ3n) is 3.66. The Morgan fingerprint density at radius 3 is 2.62 bits per heavy atom. The van der Waals surface area contributed by atoms with E-state index in [1.807, 2.05) is 16.8 Å². The second-order valence-corrected chi connectivity index (χ2v) is 7.72. The van der Waals surface area contributed by atoms with Gasteiger partial charge in [0, 0.05) is 29.4 Å². The van der Waals surface area contributed by atoms with E-state index < -0.39 is 10.0 Å². The Labute approximate surface area is 155 Å². The van der Waals surface area contributed by atoms with Crippen molar-refractivity contribution >= 4 is 21.4 Å². The van der Waals surface area contributed by atoms with Gasteiger partial charge in [0.1, 0.15) is 16.4 Å². The highest BCUT2D eigenvalue weighted by atomic mass is 32.2. The Bertz CT molecular complexity index is 989. The molecule has 2 heterocycles. The van der Waals surface area contributed by atoms with Gasteiger partial charge in [-0.25, -0.2) is 13.1 Å². The fraction of sp³-hybridized carbons (Fsp3) is 0.176. The average molecular weight is 391 g/mol. The maximum Gasteiger partial charge on any atom is 0.244 e. The first-order valence-electron chi connectivity index (χ1n) is 7.59. The van der Waals surface area contributed by atoms with Crippen LogP contribution >= 0.6 is 11.3 Å². The zero-order chi connectivity index (χ0) is 18.6. The molecule has 1 aromatic carbocycles. The van der Waals surface area contributed by atoms with Gasteiger partial charge in [-0.1, -0.05) is 0 Å². The summed E-state index contributed by atoms with van der Waals surface area (Å²) >= 11 is 1.54. The van der Waals surface area contributed by atoms with Crippen LogP contribution < -0.4 is 14.2 Å². The van der Waals surface area contributed by atoms with Crippen molar-refractivity contribution in [1.82, 2.24) is 14.7 Å². The molecule has 0 fully saturated rings. The van der Waals surface area contributed by atoms with Crippen molar-refractivity contribution in [3.8, 4) is 22.8 Å². The first-order valence-corrected chi connectivity index (χ1v) is 10.0. The summed E-state index contributed by atoms with van der Waals surface area (Å²) in [6, 6.07) is 6.51. The van der Waals surface area contributed by atoms with Crippen LogP contribution in [0.1, 0.15) is 5.69 Å². The van der Waals surface area contributed by atoms with Gasteiger partial charge in [0.25, 0.3) is 0 Å². The minimum absolute atomic E-state index is 0.000300. The van der Waals surface area contributed by atoms with E-state index in [0.29, 0.717) is 17.1 Å². The van der Waals surface area contributed by atoms with E-state index in [4.69, 9.17) is 9.47 Å². The van der Waals surface area contributed by atoms with Gasteiger partial charge in [-0.3, -0.25) is 9.97 Å². The number of hydrogen-bond acceptors (Lipinski definition) is 7. The Kier molecular flexibility index (Phi) is 5.50. The zero-order valence-electron chi connectivity index (χ0n) is 14.2. The van der Waals surface area contributed by atoms with Gasteiger partial charge in [0.2, 0.25) is 10.0 Å². The van der Waals surface area contributed by atoms with Crippen molar-refractivity contribution in [2.75, 3.05) is 14.2 Å². The van der Waals surface area contributed by atoms with E-state index in [-0.39, 0.29) is 17.2 Å². The number of nitrogens with zero attached hydrogens (tertiary/aromatic N) is 2. The highest BCUT2D eigenvalue weighted by Crippen LogP contribution is 2.28. The molecule has 3 rings (SSSR count). The van der Waals surface area contributed by atoms with E-state index in [1.54, 1.807) is 18.3 Å². The second kappa shape index (κ2) is 7.81. The number of sulfonamides is 1. The third kappa shape index (κ3) is 3.85. The largest absolute Gasteiger partial charge is 0.497 e. The normalized spacial score (nSPS) is 11.3. The maximum atomic E-state index is 12.8. The molecule has 0 saturated heterocycles. The van der Waals surface area contributed by atoms with Gasteiger partial charge >= 0.3 is 0 Å². The van der Waals surface area contributed by atoms with Gasteiger partial charge < -0.3 is 9.47 Å². The van der Waals surface area contributed by atoms with Crippen LogP contribution in [0.15, 0.2) is 52.3 Å². The number of thiophene rings is 1. The third-order valence-corrected chi connectivity index (χ3v) is 5.76. The highest BCUT2D eigenvalue weighted by molar-refractivity contribution is 7.89. The summed E-state index contributed by atoms with van der Waals surface area (Å²) in [7, 11) is -0.954. The van der Waals surface area contributed by atoms with Crippen molar-refractivity contribution in [3.63, 3.8) is 0 Å². The second-order valence-electron chi connectivity index (χ2n) is 5.21. The van der Waals surface area contributed by atoms with Crippen molar-refractivity contribution in [1.29, 1.82) is 0 Å². The molecule has 0 aliphatic heterocycles. The standard InChI is InChI=1S/C17H17N3O4S2/c1-23-13-3-4-15(24-2)16(9-13)26(21,22)20-10-14-17(19-7-6-18-14)12-5-8-25-11-12/h3-9,11,20H,10H2,1-2H3. The molecule has 26 heavy (non-hydrogen) atoms. The monoisotopic (exact) mass is 391 g/mol. The number of hydrogen-bond donors (Lipinski definition) is 1. The topological polar surface area (TPSA) is 90.4 Å². The lowest BCUT2D eigenvalue weighted by Crippen LogP contribution is -2.24. The number of nitrogens with one attached hydrogen (secondary N) is 1. The van der Waals surface area contributed by atoms with Crippen LogP contribution in [0.3, 0.4) is 0 Å². The number of ether oxygens (including phenoxy) is 2. The molecule has 0 unspecified atom stereocenters. The van der Waals surface area contributed by atoms with E-state index >= 15 is 0 Å². The minimum atomic E-state index is -3.84.